The number of thioether (sulfide) groups is 1. The molecular formula is C28H20FNO3S2. The van der Waals surface area contributed by atoms with E-state index in [1.54, 1.807) is 31.4 Å². The summed E-state index contributed by atoms with van der Waals surface area (Å²) >= 11 is 6.49. The molecule has 4 aromatic rings. The number of benzene rings is 4. The Morgan fingerprint density at radius 3 is 2.57 bits per heavy atom. The molecule has 35 heavy (non-hydrogen) atoms. The molecule has 5 rings (SSSR count). The van der Waals surface area contributed by atoms with Gasteiger partial charge in [-0.3, -0.25) is 9.69 Å². The van der Waals surface area contributed by atoms with E-state index >= 15 is 0 Å². The fourth-order valence-electron chi connectivity index (χ4n) is 3.93. The molecule has 1 amide bonds. The molecule has 0 N–H and O–H groups in total. The predicted molar refractivity (Wildman–Crippen MR) is 143 cm³/mol. The average molecular weight is 502 g/mol. The minimum absolute atomic E-state index is 0.146. The van der Waals surface area contributed by atoms with Crippen LogP contribution in [-0.2, 0) is 11.4 Å². The third-order valence-electron chi connectivity index (χ3n) is 5.64. The van der Waals surface area contributed by atoms with Crippen LogP contribution in [0.15, 0.2) is 89.8 Å². The number of fused-ring (bicyclic) bond motifs is 1. The van der Waals surface area contributed by atoms with Crippen LogP contribution in [0.3, 0.4) is 0 Å². The van der Waals surface area contributed by atoms with Crippen LogP contribution in [0.1, 0.15) is 11.1 Å². The molecule has 174 valence electrons. The maximum atomic E-state index is 14.3. The topological polar surface area (TPSA) is 38.8 Å². The van der Waals surface area contributed by atoms with E-state index in [2.05, 4.69) is 18.2 Å². The van der Waals surface area contributed by atoms with Gasteiger partial charge in [0.05, 0.1) is 17.7 Å². The van der Waals surface area contributed by atoms with Crippen LogP contribution >= 0.6 is 24.0 Å². The third-order valence-corrected chi connectivity index (χ3v) is 6.94. The lowest BCUT2D eigenvalue weighted by Gasteiger charge is -2.15. The highest BCUT2D eigenvalue weighted by atomic mass is 32.2. The normalized spacial score (nSPS) is 14.7. The lowest BCUT2D eigenvalue weighted by molar-refractivity contribution is -0.113. The Morgan fingerprint density at radius 1 is 0.971 bits per heavy atom. The molecule has 1 saturated heterocycles. The van der Waals surface area contributed by atoms with Gasteiger partial charge in [0, 0.05) is 0 Å². The summed E-state index contributed by atoms with van der Waals surface area (Å²) in [5.41, 5.74) is 1.97. The summed E-state index contributed by atoms with van der Waals surface area (Å²) in [6.45, 7) is 0.387. The van der Waals surface area contributed by atoms with Crippen LogP contribution in [0.2, 0.25) is 0 Å². The van der Waals surface area contributed by atoms with E-state index < -0.39 is 5.82 Å². The first kappa shape index (κ1) is 23.1. The monoisotopic (exact) mass is 501 g/mol. The molecule has 1 aliphatic heterocycles. The van der Waals surface area contributed by atoms with Gasteiger partial charge in [0.15, 0.2) is 15.8 Å². The number of para-hydroxylation sites is 1. The Morgan fingerprint density at radius 2 is 1.74 bits per heavy atom. The molecule has 0 radical (unpaired) electrons. The lowest BCUT2D eigenvalue weighted by Crippen LogP contribution is -2.28. The van der Waals surface area contributed by atoms with Gasteiger partial charge in [-0.05, 0) is 52.2 Å². The molecule has 0 unspecified atom stereocenters. The van der Waals surface area contributed by atoms with Crippen molar-refractivity contribution in [2.24, 2.45) is 0 Å². The molecule has 1 heterocycles. The standard InChI is InChI=1S/C28H20FNO3S2/c1-32-25-15-18(16-26-27(31)30(28(34)35-26)23-12-5-4-11-22(23)29)13-14-24(25)33-17-20-9-6-8-19-7-2-3-10-21(19)20/h2-16H,17H2,1H3/b26-16-. The zero-order valence-corrected chi connectivity index (χ0v) is 20.4. The molecule has 1 aliphatic rings. The van der Waals surface area contributed by atoms with E-state index in [9.17, 15) is 9.18 Å². The summed E-state index contributed by atoms with van der Waals surface area (Å²) in [7, 11) is 1.57. The van der Waals surface area contributed by atoms with Gasteiger partial charge >= 0.3 is 0 Å². The number of anilines is 1. The van der Waals surface area contributed by atoms with E-state index in [0.717, 1.165) is 33.7 Å². The van der Waals surface area contributed by atoms with Crippen molar-refractivity contribution in [3.8, 4) is 11.5 Å². The van der Waals surface area contributed by atoms with Crippen LogP contribution < -0.4 is 14.4 Å². The summed E-state index contributed by atoms with van der Waals surface area (Å²) in [5.74, 6) is 0.278. The predicted octanol–water partition coefficient (Wildman–Crippen LogP) is 6.97. The number of halogens is 1. The molecule has 4 aromatic carbocycles. The van der Waals surface area contributed by atoms with Crippen molar-refractivity contribution in [2.75, 3.05) is 12.0 Å². The molecule has 0 bridgehead atoms. The Labute approximate surface area is 212 Å². The van der Waals surface area contributed by atoms with E-state index in [0.29, 0.717) is 23.0 Å². The van der Waals surface area contributed by atoms with E-state index in [1.807, 2.05) is 36.4 Å². The quantitative estimate of drug-likeness (QED) is 0.211. The number of nitrogens with zero attached hydrogens (tertiary/aromatic N) is 1. The summed E-state index contributed by atoms with van der Waals surface area (Å²) < 4.78 is 26.2. The summed E-state index contributed by atoms with van der Waals surface area (Å²) in [6, 6.07) is 25.8. The van der Waals surface area contributed by atoms with Gasteiger partial charge in [-0.1, -0.05) is 84.6 Å². The van der Waals surface area contributed by atoms with Crippen molar-refractivity contribution in [1.82, 2.24) is 0 Å². The summed E-state index contributed by atoms with van der Waals surface area (Å²) in [6.07, 6.45) is 1.72. The van der Waals surface area contributed by atoms with Crippen LogP contribution in [0.25, 0.3) is 16.8 Å². The molecule has 0 atom stereocenters. The summed E-state index contributed by atoms with van der Waals surface area (Å²) in [5, 5.41) is 2.30. The van der Waals surface area contributed by atoms with E-state index in [4.69, 9.17) is 21.7 Å². The Balaban J connectivity index is 1.37. The van der Waals surface area contributed by atoms with Crippen molar-refractivity contribution in [2.45, 2.75) is 6.61 Å². The van der Waals surface area contributed by atoms with Crippen molar-refractivity contribution in [3.05, 3.63) is 107 Å². The minimum atomic E-state index is -0.501. The lowest BCUT2D eigenvalue weighted by atomic mass is 10.1. The van der Waals surface area contributed by atoms with Gasteiger partial charge in [-0.15, -0.1) is 0 Å². The second kappa shape index (κ2) is 9.90. The molecule has 0 spiro atoms. The Kier molecular flexibility index (Phi) is 6.53. The number of carbonyl (C=O) groups excluding carboxylic acids is 1. The SMILES string of the molecule is COc1cc(/C=C2\SC(=S)N(c3ccccc3F)C2=O)ccc1OCc1cccc2ccccc12. The van der Waals surface area contributed by atoms with Crippen LogP contribution in [0.4, 0.5) is 10.1 Å². The number of thiocarbonyl (C=S) groups is 1. The van der Waals surface area contributed by atoms with Gasteiger partial charge in [0.25, 0.3) is 5.91 Å². The van der Waals surface area contributed by atoms with Crippen LogP contribution in [0.5, 0.6) is 11.5 Å². The van der Waals surface area contributed by atoms with Crippen LogP contribution in [0, 0.1) is 5.82 Å². The Hall–Kier alpha value is -3.68. The molecule has 4 nitrogen and oxygen atoms in total. The second-order valence-electron chi connectivity index (χ2n) is 7.81. The highest BCUT2D eigenvalue weighted by Crippen LogP contribution is 2.38. The largest absolute Gasteiger partial charge is 0.493 e. The van der Waals surface area contributed by atoms with Gasteiger partial charge in [-0.25, -0.2) is 4.39 Å². The third kappa shape index (κ3) is 4.65. The minimum Gasteiger partial charge on any atom is -0.493 e. The highest BCUT2D eigenvalue weighted by Gasteiger charge is 2.34. The van der Waals surface area contributed by atoms with Crippen molar-refractivity contribution >= 4 is 56.7 Å². The number of carbonyl (C=O) groups is 1. The average Bonchev–Trinajstić information content (AvgIpc) is 3.15. The van der Waals surface area contributed by atoms with Crippen molar-refractivity contribution < 1.29 is 18.7 Å². The number of hydrogen-bond donors (Lipinski definition) is 0. The maximum Gasteiger partial charge on any atom is 0.270 e. The molecule has 0 aliphatic carbocycles. The highest BCUT2D eigenvalue weighted by molar-refractivity contribution is 8.27. The Bertz CT molecular complexity index is 1480. The van der Waals surface area contributed by atoms with E-state index in [1.165, 1.54) is 17.0 Å². The molecule has 7 heteroatoms. The number of amides is 1. The van der Waals surface area contributed by atoms with E-state index in [-0.39, 0.29) is 15.9 Å². The second-order valence-corrected chi connectivity index (χ2v) is 9.48. The molecule has 0 saturated carbocycles. The van der Waals surface area contributed by atoms with Gasteiger partial charge in [0.1, 0.15) is 12.4 Å². The zero-order valence-electron chi connectivity index (χ0n) is 18.7. The summed E-state index contributed by atoms with van der Waals surface area (Å²) in [4.78, 5) is 14.6. The smallest absolute Gasteiger partial charge is 0.270 e. The molecule has 0 aromatic heterocycles. The number of methoxy groups -OCH3 is 1. The first-order valence-corrected chi connectivity index (χ1v) is 12.1. The zero-order chi connectivity index (χ0) is 24.4. The number of ether oxygens (including phenoxy) is 2. The van der Waals surface area contributed by atoms with Crippen molar-refractivity contribution in [1.29, 1.82) is 0 Å². The number of hydrogen-bond acceptors (Lipinski definition) is 5. The van der Waals surface area contributed by atoms with Crippen LogP contribution in [-0.4, -0.2) is 17.3 Å². The maximum absolute atomic E-state index is 14.3. The molecule has 1 fully saturated rings. The molecular weight excluding hydrogens is 481 g/mol. The first-order valence-electron chi connectivity index (χ1n) is 10.8. The fourth-order valence-corrected chi connectivity index (χ4v) is 5.21. The fraction of sp³-hybridized carbons (Fsp3) is 0.0714. The van der Waals surface area contributed by atoms with Gasteiger partial charge in [-0.2, -0.15) is 0 Å². The first-order chi connectivity index (χ1) is 17.0. The number of rotatable bonds is 6. The van der Waals surface area contributed by atoms with Crippen molar-refractivity contribution in [3.63, 3.8) is 0 Å². The van der Waals surface area contributed by atoms with Gasteiger partial charge in [0.2, 0.25) is 0 Å². The van der Waals surface area contributed by atoms with Gasteiger partial charge < -0.3 is 9.47 Å².